The summed E-state index contributed by atoms with van der Waals surface area (Å²) in [5.74, 6) is -0.230. The molecule has 1 aromatic rings. The number of nitrogens with two attached hydrogens (primary N) is 1. The first kappa shape index (κ1) is 9.43. The van der Waals surface area contributed by atoms with Gasteiger partial charge in [0.25, 0.3) is 0 Å². The van der Waals surface area contributed by atoms with Crippen molar-refractivity contribution in [1.29, 1.82) is 0 Å². The van der Waals surface area contributed by atoms with Crippen molar-refractivity contribution in [2.24, 2.45) is 0 Å². The fraction of sp³-hybridized carbons (Fsp3) is 0.400. The Balaban J connectivity index is 2.22. The summed E-state index contributed by atoms with van der Waals surface area (Å²) in [7, 11) is 0. The first-order chi connectivity index (χ1) is 6.77. The molecule has 1 aliphatic heterocycles. The average Bonchev–Trinajstić information content (AvgIpc) is 2.19. The Morgan fingerprint density at radius 1 is 1.36 bits per heavy atom. The maximum absolute atomic E-state index is 13.5. The van der Waals surface area contributed by atoms with Crippen molar-refractivity contribution in [3.05, 3.63) is 29.6 Å². The lowest BCUT2D eigenvalue weighted by atomic mass is 10.0. The predicted molar refractivity (Wildman–Crippen MR) is 54.4 cm³/mol. The standard InChI is InChI=1S/C10H14FN3/c11-9-5-7(12)1-2-8(9)10-6-13-3-4-14-10/h1-2,5,10,13-14H,3-4,6,12H2/t10-/m0/s1. The van der Waals surface area contributed by atoms with Crippen LogP contribution in [0.3, 0.4) is 0 Å². The van der Waals surface area contributed by atoms with Crippen molar-refractivity contribution >= 4 is 5.69 Å². The first-order valence-electron chi connectivity index (χ1n) is 4.76. The number of piperazine rings is 1. The summed E-state index contributed by atoms with van der Waals surface area (Å²) < 4.78 is 13.5. The number of nitrogen functional groups attached to an aromatic ring is 1. The van der Waals surface area contributed by atoms with Crippen molar-refractivity contribution in [3.63, 3.8) is 0 Å². The second kappa shape index (κ2) is 3.94. The van der Waals surface area contributed by atoms with Crippen LogP contribution in [-0.2, 0) is 0 Å². The van der Waals surface area contributed by atoms with Crippen LogP contribution < -0.4 is 16.4 Å². The van der Waals surface area contributed by atoms with Crippen molar-refractivity contribution in [2.45, 2.75) is 6.04 Å². The molecule has 1 aromatic carbocycles. The SMILES string of the molecule is Nc1ccc([C@@H]2CNCCN2)c(F)c1. The Labute approximate surface area is 82.5 Å². The van der Waals surface area contributed by atoms with Crippen LogP contribution >= 0.6 is 0 Å². The molecule has 4 N–H and O–H groups in total. The molecule has 0 radical (unpaired) electrons. The number of rotatable bonds is 1. The number of hydrogen-bond donors (Lipinski definition) is 3. The average molecular weight is 195 g/mol. The lowest BCUT2D eigenvalue weighted by Gasteiger charge is -2.25. The quantitative estimate of drug-likeness (QED) is 0.576. The number of halogens is 1. The highest BCUT2D eigenvalue weighted by atomic mass is 19.1. The zero-order valence-corrected chi connectivity index (χ0v) is 7.89. The molecule has 1 fully saturated rings. The molecule has 1 saturated heterocycles. The van der Waals surface area contributed by atoms with Crippen molar-refractivity contribution in [3.8, 4) is 0 Å². The zero-order valence-electron chi connectivity index (χ0n) is 7.89. The lowest BCUT2D eigenvalue weighted by molar-refractivity contribution is 0.417. The molecule has 2 rings (SSSR count). The number of benzene rings is 1. The van der Waals surface area contributed by atoms with Gasteiger partial charge < -0.3 is 16.4 Å². The van der Waals surface area contributed by atoms with Gasteiger partial charge in [-0.1, -0.05) is 6.07 Å². The largest absolute Gasteiger partial charge is 0.399 e. The van der Waals surface area contributed by atoms with Gasteiger partial charge in [0.15, 0.2) is 0 Å². The van der Waals surface area contributed by atoms with Crippen LogP contribution in [0.2, 0.25) is 0 Å². The van der Waals surface area contributed by atoms with Crippen molar-refractivity contribution in [1.82, 2.24) is 10.6 Å². The van der Waals surface area contributed by atoms with E-state index < -0.39 is 0 Å². The smallest absolute Gasteiger partial charge is 0.130 e. The summed E-state index contributed by atoms with van der Waals surface area (Å²) >= 11 is 0. The molecule has 0 aromatic heterocycles. The van der Waals surface area contributed by atoms with Gasteiger partial charge in [0.2, 0.25) is 0 Å². The highest BCUT2D eigenvalue weighted by Gasteiger charge is 2.17. The summed E-state index contributed by atoms with van der Waals surface area (Å²) in [5, 5.41) is 6.47. The summed E-state index contributed by atoms with van der Waals surface area (Å²) in [4.78, 5) is 0. The molecule has 76 valence electrons. The first-order valence-corrected chi connectivity index (χ1v) is 4.76. The Bertz CT molecular complexity index is 321. The summed E-state index contributed by atoms with van der Waals surface area (Å²) in [6.45, 7) is 2.57. The van der Waals surface area contributed by atoms with E-state index in [1.54, 1.807) is 12.1 Å². The molecule has 0 aliphatic carbocycles. The minimum Gasteiger partial charge on any atom is -0.399 e. The number of anilines is 1. The molecule has 0 amide bonds. The van der Waals surface area contributed by atoms with E-state index in [2.05, 4.69) is 10.6 Å². The maximum Gasteiger partial charge on any atom is 0.130 e. The molecule has 3 nitrogen and oxygen atoms in total. The Morgan fingerprint density at radius 3 is 2.86 bits per heavy atom. The highest BCUT2D eigenvalue weighted by Crippen LogP contribution is 2.19. The zero-order chi connectivity index (χ0) is 9.97. The van der Waals surface area contributed by atoms with E-state index >= 15 is 0 Å². The van der Waals surface area contributed by atoms with Gasteiger partial charge in [-0.2, -0.15) is 0 Å². The maximum atomic E-state index is 13.5. The molecular formula is C10H14FN3. The third kappa shape index (κ3) is 1.86. The van der Waals surface area contributed by atoms with Crippen LogP contribution in [0, 0.1) is 5.82 Å². The Morgan fingerprint density at radius 2 is 2.21 bits per heavy atom. The van der Waals surface area contributed by atoms with E-state index in [0.29, 0.717) is 11.3 Å². The molecule has 0 saturated carbocycles. The van der Waals surface area contributed by atoms with Crippen LogP contribution in [0.25, 0.3) is 0 Å². The Kier molecular flexibility index (Phi) is 2.65. The van der Waals surface area contributed by atoms with Gasteiger partial charge >= 0.3 is 0 Å². The van der Waals surface area contributed by atoms with Crippen LogP contribution in [0.4, 0.5) is 10.1 Å². The van der Waals surface area contributed by atoms with Crippen molar-refractivity contribution < 1.29 is 4.39 Å². The predicted octanol–water partition coefficient (Wildman–Crippen LogP) is 0.642. The summed E-state index contributed by atoms with van der Waals surface area (Å²) in [6.07, 6.45) is 0. The molecule has 0 unspecified atom stereocenters. The monoisotopic (exact) mass is 195 g/mol. The Hall–Kier alpha value is -1.13. The third-order valence-electron chi connectivity index (χ3n) is 2.44. The number of nitrogens with one attached hydrogen (secondary N) is 2. The lowest BCUT2D eigenvalue weighted by Crippen LogP contribution is -2.42. The van der Waals surface area contributed by atoms with Gasteiger partial charge in [-0.05, 0) is 12.1 Å². The van der Waals surface area contributed by atoms with Gasteiger partial charge in [-0.3, -0.25) is 0 Å². The fourth-order valence-electron chi connectivity index (χ4n) is 1.70. The molecule has 1 heterocycles. The minimum absolute atomic E-state index is 0.0596. The second-order valence-corrected chi connectivity index (χ2v) is 3.49. The summed E-state index contributed by atoms with van der Waals surface area (Å²) in [6, 6.07) is 4.90. The van der Waals surface area contributed by atoms with E-state index in [1.807, 2.05) is 0 Å². The molecule has 14 heavy (non-hydrogen) atoms. The molecule has 1 aliphatic rings. The summed E-state index contributed by atoms with van der Waals surface area (Å²) in [5.41, 5.74) is 6.64. The van der Waals surface area contributed by atoms with Crippen LogP contribution in [0.15, 0.2) is 18.2 Å². The van der Waals surface area contributed by atoms with Gasteiger partial charge in [0.1, 0.15) is 5.82 Å². The van der Waals surface area contributed by atoms with Crippen LogP contribution in [0.1, 0.15) is 11.6 Å². The molecule has 0 bridgehead atoms. The molecule has 1 atom stereocenters. The van der Waals surface area contributed by atoms with Gasteiger partial charge in [0, 0.05) is 36.9 Å². The van der Waals surface area contributed by atoms with E-state index in [4.69, 9.17) is 5.73 Å². The van der Waals surface area contributed by atoms with E-state index in [1.165, 1.54) is 6.07 Å². The molecule has 4 heteroatoms. The van der Waals surface area contributed by atoms with Crippen LogP contribution in [0.5, 0.6) is 0 Å². The topological polar surface area (TPSA) is 50.1 Å². The normalized spacial score (nSPS) is 22.2. The van der Waals surface area contributed by atoms with E-state index in [0.717, 1.165) is 19.6 Å². The third-order valence-corrected chi connectivity index (χ3v) is 2.44. The van der Waals surface area contributed by atoms with E-state index in [-0.39, 0.29) is 11.9 Å². The fourth-order valence-corrected chi connectivity index (χ4v) is 1.70. The van der Waals surface area contributed by atoms with Crippen LogP contribution in [-0.4, -0.2) is 19.6 Å². The van der Waals surface area contributed by atoms with E-state index in [9.17, 15) is 4.39 Å². The molecular weight excluding hydrogens is 181 g/mol. The number of hydrogen-bond acceptors (Lipinski definition) is 3. The highest BCUT2D eigenvalue weighted by molar-refractivity contribution is 5.41. The van der Waals surface area contributed by atoms with Gasteiger partial charge in [-0.25, -0.2) is 4.39 Å². The molecule has 0 spiro atoms. The van der Waals surface area contributed by atoms with Gasteiger partial charge in [0.05, 0.1) is 0 Å². The minimum atomic E-state index is -0.230. The second-order valence-electron chi connectivity index (χ2n) is 3.49. The van der Waals surface area contributed by atoms with Gasteiger partial charge in [-0.15, -0.1) is 0 Å². The van der Waals surface area contributed by atoms with Crippen molar-refractivity contribution in [2.75, 3.05) is 25.4 Å².